The van der Waals surface area contributed by atoms with Crippen molar-refractivity contribution in [2.24, 2.45) is 0 Å². The van der Waals surface area contributed by atoms with Gasteiger partial charge in [-0.15, -0.1) is 0 Å². The quantitative estimate of drug-likeness (QED) is 0.866. The van der Waals surface area contributed by atoms with Gasteiger partial charge in [-0.05, 0) is 51.5 Å². The Morgan fingerprint density at radius 1 is 1.38 bits per heavy atom. The zero-order valence-corrected chi connectivity index (χ0v) is 13.7. The maximum atomic E-state index is 12.5. The van der Waals surface area contributed by atoms with Crippen molar-refractivity contribution in [2.45, 2.75) is 38.1 Å². The average molecular weight is 315 g/mol. The molecular formula is C14H21NO5S. The highest BCUT2D eigenvalue weighted by Crippen LogP contribution is 2.27. The van der Waals surface area contributed by atoms with E-state index in [2.05, 4.69) is 0 Å². The predicted octanol–water partition coefficient (Wildman–Crippen LogP) is 1.88. The largest absolute Gasteiger partial charge is 0.494 e. The third kappa shape index (κ3) is 3.36. The molecule has 21 heavy (non-hydrogen) atoms. The highest BCUT2D eigenvalue weighted by molar-refractivity contribution is 7.89. The van der Waals surface area contributed by atoms with Gasteiger partial charge >= 0.3 is 5.97 Å². The van der Waals surface area contributed by atoms with Crippen molar-refractivity contribution in [1.29, 1.82) is 0 Å². The lowest BCUT2D eigenvalue weighted by Crippen LogP contribution is -2.50. The molecule has 1 aromatic rings. The molecule has 0 spiro atoms. The average Bonchev–Trinajstić information content (AvgIpc) is 2.39. The van der Waals surface area contributed by atoms with Crippen LogP contribution in [0.1, 0.15) is 26.3 Å². The number of likely N-dealkylation sites (N-methyl/N-ethyl adjacent to an activating group) is 1. The Morgan fingerprint density at radius 2 is 1.95 bits per heavy atom. The van der Waals surface area contributed by atoms with Crippen molar-refractivity contribution in [3.05, 3.63) is 23.8 Å². The molecule has 1 aromatic carbocycles. The summed E-state index contributed by atoms with van der Waals surface area (Å²) < 4.78 is 31.3. The molecule has 1 rings (SSSR count). The summed E-state index contributed by atoms with van der Waals surface area (Å²) in [6.45, 7) is 6.75. The number of ether oxygens (including phenoxy) is 1. The standard InChI is InChI=1S/C14H21NO5S/c1-6-20-12-8-7-11(9-10(12)2)21(18,19)15(5)14(3,4)13(16)17/h7-9H,6H2,1-5H3,(H,16,17). The van der Waals surface area contributed by atoms with Gasteiger partial charge in [-0.3, -0.25) is 4.79 Å². The number of rotatable bonds is 6. The van der Waals surface area contributed by atoms with Crippen LogP contribution in [0.15, 0.2) is 23.1 Å². The smallest absolute Gasteiger partial charge is 0.324 e. The summed E-state index contributed by atoms with van der Waals surface area (Å²) >= 11 is 0. The molecule has 0 aliphatic rings. The van der Waals surface area contributed by atoms with Crippen LogP contribution in [0.2, 0.25) is 0 Å². The maximum Gasteiger partial charge on any atom is 0.324 e. The van der Waals surface area contributed by atoms with Gasteiger partial charge in [-0.1, -0.05) is 0 Å². The Labute approximate surface area is 125 Å². The van der Waals surface area contributed by atoms with Gasteiger partial charge in [-0.25, -0.2) is 8.42 Å². The minimum atomic E-state index is -3.90. The molecule has 0 amide bonds. The van der Waals surface area contributed by atoms with E-state index < -0.39 is 21.5 Å². The van der Waals surface area contributed by atoms with Crippen LogP contribution in [0.4, 0.5) is 0 Å². The molecule has 0 heterocycles. The van der Waals surface area contributed by atoms with E-state index in [1.165, 1.54) is 33.0 Å². The molecule has 0 aromatic heterocycles. The van der Waals surface area contributed by atoms with Crippen LogP contribution in [0.3, 0.4) is 0 Å². The fraction of sp³-hybridized carbons (Fsp3) is 0.500. The highest BCUT2D eigenvalue weighted by Gasteiger charge is 2.40. The third-order valence-corrected chi connectivity index (χ3v) is 5.44. The van der Waals surface area contributed by atoms with E-state index in [0.29, 0.717) is 17.9 Å². The first-order chi connectivity index (χ1) is 9.55. The number of hydrogen-bond acceptors (Lipinski definition) is 4. The van der Waals surface area contributed by atoms with Crippen molar-refractivity contribution in [1.82, 2.24) is 4.31 Å². The molecule has 1 N–H and O–H groups in total. The second kappa shape index (κ2) is 6.03. The van der Waals surface area contributed by atoms with Crippen molar-refractivity contribution >= 4 is 16.0 Å². The first kappa shape index (κ1) is 17.5. The number of hydrogen-bond donors (Lipinski definition) is 1. The summed E-state index contributed by atoms with van der Waals surface area (Å²) in [5.74, 6) is -0.604. The van der Waals surface area contributed by atoms with Gasteiger partial charge in [-0.2, -0.15) is 4.31 Å². The maximum absolute atomic E-state index is 12.5. The topological polar surface area (TPSA) is 83.9 Å². The molecule has 0 atom stereocenters. The van der Waals surface area contributed by atoms with Gasteiger partial charge in [0.15, 0.2) is 0 Å². The SMILES string of the molecule is CCOc1ccc(S(=O)(=O)N(C)C(C)(C)C(=O)O)cc1C. The lowest BCUT2D eigenvalue weighted by Gasteiger charge is -2.30. The van der Waals surface area contributed by atoms with E-state index in [4.69, 9.17) is 9.84 Å². The molecule has 0 unspecified atom stereocenters. The summed E-state index contributed by atoms with van der Waals surface area (Å²) in [4.78, 5) is 11.3. The van der Waals surface area contributed by atoms with Crippen molar-refractivity contribution in [2.75, 3.05) is 13.7 Å². The first-order valence-corrected chi connectivity index (χ1v) is 7.95. The molecule has 0 saturated carbocycles. The van der Waals surface area contributed by atoms with Crippen LogP contribution in [-0.2, 0) is 14.8 Å². The summed E-state index contributed by atoms with van der Waals surface area (Å²) in [7, 11) is -2.64. The normalized spacial score (nSPS) is 12.5. The minimum absolute atomic E-state index is 0.0419. The van der Waals surface area contributed by atoms with Crippen LogP contribution >= 0.6 is 0 Å². The van der Waals surface area contributed by atoms with Crippen LogP contribution in [-0.4, -0.2) is 43.0 Å². The summed E-state index contributed by atoms with van der Waals surface area (Å²) in [6.07, 6.45) is 0. The van der Waals surface area contributed by atoms with Crippen LogP contribution in [0.5, 0.6) is 5.75 Å². The number of carboxylic acids is 1. The Hall–Kier alpha value is -1.60. The molecule has 0 fully saturated rings. The molecule has 7 heteroatoms. The second-order valence-corrected chi connectivity index (χ2v) is 7.17. The van der Waals surface area contributed by atoms with Crippen molar-refractivity contribution < 1.29 is 23.1 Å². The second-order valence-electron chi connectivity index (χ2n) is 5.20. The van der Waals surface area contributed by atoms with Gasteiger partial charge in [0.05, 0.1) is 11.5 Å². The van der Waals surface area contributed by atoms with E-state index >= 15 is 0 Å². The van der Waals surface area contributed by atoms with Crippen LogP contribution < -0.4 is 4.74 Å². The first-order valence-electron chi connectivity index (χ1n) is 6.51. The Kier molecular flexibility index (Phi) is 5.01. The Morgan fingerprint density at radius 3 is 2.38 bits per heavy atom. The van der Waals surface area contributed by atoms with Gasteiger partial charge in [0.1, 0.15) is 11.3 Å². The zero-order valence-electron chi connectivity index (χ0n) is 12.9. The van der Waals surface area contributed by atoms with Crippen LogP contribution in [0, 0.1) is 6.92 Å². The molecule has 118 valence electrons. The molecule has 0 aliphatic carbocycles. The molecule has 0 radical (unpaired) electrons. The zero-order chi connectivity index (χ0) is 16.4. The molecule has 6 nitrogen and oxygen atoms in total. The number of sulfonamides is 1. The van der Waals surface area contributed by atoms with E-state index in [1.807, 2.05) is 6.92 Å². The summed E-state index contributed by atoms with van der Waals surface area (Å²) in [6, 6.07) is 4.48. The molecule has 0 aliphatic heterocycles. The van der Waals surface area contributed by atoms with E-state index in [1.54, 1.807) is 13.0 Å². The lowest BCUT2D eigenvalue weighted by molar-refractivity contribution is -0.145. The number of aryl methyl sites for hydroxylation is 1. The number of nitrogens with zero attached hydrogens (tertiary/aromatic N) is 1. The number of aliphatic carboxylic acids is 1. The van der Waals surface area contributed by atoms with Gasteiger partial charge in [0.2, 0.25) is 10.0 Å². The van der Waals surface area contributed by atoms with Crippen molar-refractivity contribution in [3.8, 4) is 5.75 Å². The summed E-state index contributed by atoms with van der Waals surface area (Å²) in [5, 5.41) is 9.16. The van der Waals surface area contributed by atoms with Crippen LogP contribution in [0.25, 0.3) is 0 Å². The number of carboxylic acid groups (broad SMARTS) is 1. The summed E-state index contributed by atoms with van der Waals surface area (Å²) in [5.41, 5.74) is -0.856. The number of carbonyl (C=O) groups is 1. The third-order valence-electron chi connectivity index (χ3n) is 3.42. The van der Waals surface area contributed by atoms with E-state index in [9.17, 15) is 13.2 Å². The minimum Gasteiger partial charge on any atom is -0.494 e. The fourth-order valence-electron chi connectivity index (χ4n) is 1.69. The molecule has 0 bridgehead atoms. The predicted molar refractivity (Wildman–Crippen MR) is 79.0 cm³/mol. The fourth-order valence-corrected chi connectivity index (χ4v) is 3.25. The van der Waals surface area contributed by atoms with E-state index in [-0.39, 0.29) is 4.90 Å². The highest BCUT2D eigenvalue weighted by atomic mass is 32.2. The Balaban J connectivity index is 3.26. The van der Waals surface area contributed by atoms with Gasteiger partial charge < -0.3 is 9.84 Å². The number of benzene rings is 1. The van der Waals surface area contributed by atoms with Gasteiger partial charge in [0.25, 0.3) is 0 Å². The monoisotopic (exact) mass is 315 g/mol. The Bertz CT molecular complexity index is 637. The van der Waals surface area contributed by atoms with Gasteiger partial charge in [0, 0.05) is 7.05 Å². The molecule has 0 saturated heterocycles. The van der Waals surface area contributed by atoms with E-state index in [0.717, 1.165) is 4.31 Å². The van der Waals surface area contributed by atoms with Crippen molar-refractivity contribution in [3.63, 3.8) is 0 Å². The lowest BCUT2D eigenvalue weighted by atomic mass is 10.1. The molecular weight excluding hydrogens is 294 g/mol.